The van der Waals surface area contributed by atoms with E-state index < -0.39 is 10.0 Å². The van der Waals surface area contributed by atoms with Crippen molar-refractivity contribution >= 4 is 50.1 Å². The Hall–Kier alpha value is -4.34. The largest absolute Gasteiger partial charge is 0.372 e. The Bertz CT molecular complexity index is 1700. The molecular weight excluding hydrogens is 498 g/mol. The summed E-state index contributed by atoms with van der Waals surface area (Å²) in [6.45, 7) is 0. The van der Waals surface area contributed by atoms with Crippen molar-refractivity contribution in [3.8, 4) is 5.82 Å². The second-order valence-corrected chi connectivity index (χ2v) is 9.83. The van der Waals surface area contributed by atoms with E-state index >= 15 is 0 Å². The molecule has 0 spiro atoms. The molecule has 0 fully saturated rings. The van der Waals surface area contributed by atoms with Crippen LogP contribution < -0.4 is 14.6 Å². The number of rotatable bonds is 6. The number of halogens is 1. The van der Waals surface area contributed by atoms with Crippen molar-refractivity contribution in [1.82, 2.24) is 9.97 Å². The van der Waals surface area contributed by atoms with Gasteiger partial charge in [0.1, 0.15) is 11.7 Å². The highest BCUT2D eigenvalue weighted by Crippen LogP contribution is 2.22. The summed E-state index contributed by atoms with van der Waals surface area (Å²) in [4.78, 5) is 22.0. The summed E-state index contributed by atoms with van der Waals surface area (Å²) in [6, 6.07) is 25.3. The van der Waals surface area contributed by atoms with Crippen molar-refractivity contribution < 1.29 is 17.8 Å². The van der Waals surface area contributed by atoms with Gasteiger partial charge in [-0.1, -0.05) is 54.1 Å². The first-order valence-corrected chi connectivity index (χ1v) is 12.7. The van der Waals surface area contributed by atoms with Crippen LogP contribution in [0.1, 0.15) is 10.4 Å². The maximum absolute atomic E-state index is 13.1. The molecule has 3 aromatic carbocycles. The van der Waals surface area contributed by atoms with Crippen molar-refractivity contribution in [2.75, 3.05) is 10.0 Å². The lowest BCUT2D eigenvalue weighted by Gasteiger charge is -2.10. The van der Waals surface area contributed by atoms with E-state index in [9.17, 15) is 13.2 Å². The third-order valence-electron chi connectivity index (χ3n) is 5.26. The van der Waals surface area contributed by atoms with Gasteiger partial charge in [-0.05, 0) is 53.5 Å². The second kappa shape index (κ2) is 9.73. The molecule has 178 valence electrons. The number of pyridine rings is 1. The van der Waals surface area contributed by atoms with E-state index in [2.05, 4.69) is 20.0 Å². The molecule has 0 aliphatic heterocycles. The molecule has 5 rings (SSSR count). The molecule has 36 heavy (non-hydrogen) atoms. The lowest BCUT2D eigenvalue weighted by atomic mass is 10.2. The molecule has 0 atom stereocenters. The van der Waals surface area contributed by atoms with E-state index in [1.807, 2.05) is 6.07 Å². The fraction of sp³-hybridized carbons (Fsp3) is 0. The van der Waals surface area contributed by atoms with Crippen LogP contribution in [0.15, 0.2) is 108 Å². The third-order valence-corrected chi connectivity index (χ3v) is 6.94. The van der Waals surface area contributed by atoms with Gasteiger partial charge in [-0.3, -0.25) is 9.52 Å². The van der Waals surface area contributed by atoms with Gasteiger partial charge in [0, 0.05) is 0 Å². The molecule has 1 amide bonds. The second-order valence-electron chi connectivity index (χ2n) is 7.74. The number of sulfonamides is 1. The summed E-state index contributed by atoms with van der Waals surface area (Å²) < 4.78 is 30.3. The van der Waals surface area contributed by atoms with Crippen LogP contribution in [0.2, 0.25) is 5.02 Å². The van der Waals surface area contributed by atoms with Crippen molar-refractivity contribution in [3.63, 3.8) is 0 Å². The molecule has 0 unspecified atom stereocenters. The van der Waals surface area contributed by atoms with Crippen LogP contribution in [0.25, 0.3) is 16.9 Å². The van der Waals surface area contributed by atoms with Gasteiger partial charge in [-0.2, -0.15) is 4.57 Å². The number of hydrogen-bond acceptors (Lipinski definition) is 5. The highest BCUT2D eigenvalue weighted by atomic mass is 35.5. The highest BCUT2D eigenvalue weighted by Gasteiger charge is 2.25. The van der Waals surface area contributed by atoms with E-state index in [0.717, 1.165) is 0 Å². The zero-order valence-electron chi connectivity index (χ0n) is 18.7. The van der Waals surface area contributed by atoms with Crippen LogP contribution in [0.4, 0.5) is 11.5 Å². The fourth-order valence-electron chi connectivity index (χ4n) is 3.55. The molecule has 0 saturated carbocycles. The Morgan fingerprint density at radius 3 is 2.22 bits per heavy atom. The van der Waals surface area contributed by atoms with Gasteiger partial charge in [0.25, 0.3) is 15.9 Å². The standard InChI is InChI=1S/C26H18ClN5O3S/c27-21-13-5-4-12-20(21)26(33)28-18-9-8-16-32(17-18)25-24(29-22-14-6-7-15-23(22)30-25)31-36(34,35)19-10-2-1-3-11-19/h1-17H,(H-,28,29,31,33)/p+1. The van der Waals surface area contributed by atoms with Gasteiger partial charge in [0.2, 0.25) is 11.3 Å². The van der Waals surface area contributed by atoms with Gasteiger partial charge < -0.3 is 5.32 Å². The van der Waals surface area contributed by atoms with E-state index in [-0.39, 0.29) is 22.4 Å². The third kappa shape index (κ3) is 4.88. The predicted octanol–water partition coefficient (Wildman–Crippen LogP) is 4.61. The number of anilines is 2. The van der Waals surface area contributed by atoms with Gasteiger partial charge in [-0.15, -0.1) is 0 Å². The highest BCUT2D eigenvalue weighted by molar-refractivity contribution is 7.92. The number of hydrogen-bond donors (Lipinski definition) is 2. The van der Waals surface area contributed by atoms with Crippen molar-refractivity contribution in [2.45, 2.75) is 4.90 Å². The Morgan fingerprint density at radius 1 is 0.806 bits per heavy atom. The van der Waals surface area contributed by atoms with Crippen LogP contribution >= 0.6 is 11.6 Å². The number of carbonyl (C=O) groups excluding carboxylic acids is 1. The quantitative estimate of drug-likeness (QED) is 0.321. The average Bonchev–Trinajstić information content (AvgIpc) is 2.89. The summed E-state index contributed by atoms with van der Waals surface area (Å²) >= 11 is 6.15. The Balaban J connectivity index is 1.56. The molecule has 2 aromatic heterocycles. The smallest absolute Gasteiger partial charge is 0.319 e. The van der Waals surface area contributed by atoms with Crippen molar-refractivity contribution in [2.24, 2.45) is 0 Å². The van der Waals surface area contributed by atoms with E-state index in [0.29, 0.717) is 27.3 Å². The average molecular weight is 517 g/mol. The number of amides is 1. The van der Waals surface area contributed by atoms with E-state index in [1.165, 1.54) is 12.1 Å². The molecule has 5 aromatic rings. The predicted molar refractivity (Wildman–Crippen MR) is 138 cm³/mol. The number of nitrogens with one attached hydrogen (secondary N) is 2. The number of aromatic nitrogens is 3. The zero-order chi connectivity index (χ0) is 25.1. The summed E-state index contributed by atoms with van der Waals surface area (Å²) in [5.74, 6) is -0.105. The number of carbonyl (C=O) groups is 1. The monoisotopic (exact) mass is 516 g/mol. The topological polar surface area (TPSA) is 105 Å². The zero-order valence-corrected chi connectivity index (χ0v) is 20.2. The van der Waals surface area contributed by atoms with Crippen LogP contribution in [0.3, 0.4) is 0 Å². The molecule has 8 nitrogen and oxygen atoms in total. The van der Waals surface area contributed by atoms with Gasteiger partial charge in [-0.25, -0.2) is 13.4 Å². The Morgan fingerprint density at radius 2 is 1.47 bits per heavy atom. The van der Waals surface area contributed by atoms with Gasteiger partial charge in [0.15, 0.2) is 0 Å². The summed E-state index contributed by atoms with van der Waals surface area (Å²) in [5.41, 5.74) is 1.88. The molecule has 0 aliphatic rings. The Labute approximate surface area is 212 Å². The number of fused-ring (bicyclic) bond motifs is 1. The maximum Gasteiger partial charge on any atom is 0.372 e. The summed E-state index contributed by atoms with van der Waals surface area (Å²) in [5, 5.41) is 3.14. The van der Waals surface area contributed by atoms with Crippen LogP contribution in [-0.4, -0.2) is 24.3 Å². The molecule has 0 radical (unpaired) electrons. The molecular formula is C26H19ClN5O3S+. The minimum absolute atomic E-state index is 0.0390. The fourth-order valence-corrected chi connectivity index (χ4v) is 4.80. The van der Waals surface area contributed by atoms with Crippen LogP contribution in [0.5, 0.6) is 0 Å². The SMILES string of the molecule is O=C(Nc1ccc[n+](-c2nc3ccccc3nc2NS(=O)(=O)c2ccccc2)c1)c1ccccc1Cl. The van der Waals surface area contributed by atoms with Crippen molar-refractivity contribution in [3.05, 3.63) is 114 Å². The minimum atomic E-state index is -3.93. The first kappa shape index (κ1) is 23.4. The van der Waals surface area contributed by atoms with Crippen LogP contribution in [-0.2, 0) is 10.0 Å². The first-order chi connectivity index (χ1) is 17.4. The summed E-state index contributed by atoms with van der Waals surface area (Å²) in [6.07, 6.45) is 3.30. The number of nitrogens with zero attached hydrogens (tertiary/aromatic N) is 3. The summed E-state index contributed by atoms with van der Waals surface area (Å²) in [7, 11) is -3.93. The molecule has 10 heteroatoms. The molecule has 0 saturated heterocycles. The van der Waals surface area contributed by atoms with Crippen LogP contribution in [0, 0.1) is 0 Å². The number of para-hydroxylation sites is 2. The normalized spacial score (nSPS) is 11.2. The maximum atomic E-state index is 13.1. The van der Waals surface area contributed by atoms with Gasteiger partial charge in [0.05, 0.1) is 27.4 Å². The van der Waals surface area contributed by atoms with Gasteiger partial charge >= 0.3 is 5.82 Å². The lowest BCUT2D eigenvalue weighted by molar-refractivity contribution is -0.598. The minimum Gasteiger partial charge on any atom is -0.319 e. The Kier molecular flexibility index (Phi) is 6.32. The van der Waals surface area contributed by atoms with E-state index in [4.69, 9.17) is 11.6 Å². The number of benzene rings is 3. The van der Waals surface area contributed by atoms with Crippen molar-refractivity contribution in [1.29, 1.82) is 0 Å². The van der Waals surface area contributed by atoms with E-state index in [1.54, 1.807) is 89.8 Å². The first-order valence-electron chi connectivity index (χ1n) is 10.8. The lowest BCUT2D eigenvalue weighted by Crippen LogP contribution is -2.34. The molecule has 0 aliphatic carbocycles. The molecule has 2 heterocycles. The molecule has 2 N–H and O–H groups in total. The molecule has 0 bridgehead atoms.